The molecular formula is C8H12NO+. The quantitative estimate of drug-likeness (QED) is 0.545. The molecule has 0 atom stereocenters. The Morgan fingerprint density at radius 2 is 2.00 bits per heavy atom. The number of hydrogen-bond acceptors (Lipinski definition) is 1. The Hall–Kier alpha value is -1.05. The van der Waals surface area contributed by atoms with E-state index in [0.29, 0.717) is 0 Å². The van der Waals surface area contributed by atoms with Gasteiger partial charge in [0, 0.05) is 16.9 Å². The average molecular weight is 138 g/mol. The predicted molar refractivity (Wildman–Crippen MR) is 38.5 cm³/mol. The van der Waals surface area contributed by atoms with Crippen molar-refractivity contribution in [2.45, 2.75) is 13.3 Å². The summed E-state index contributed by atoms with van der Waals surface area (Å²) < 4.78 is 1.67. The first-order valence-corrected chi connectivity index (χ1v) is 3.41. The van der Waals surface area contributed by atoms with E-state index in [0.717, 1.165) is 6.42 Å². The van der Waals surface area contributed by atoms with Crippen molar-refractivity contribution in [1.82, 2.24) is 0 Å². The van der Waals surface area contributed by atoms with E-state index in [2.05, 4.69) is 6.92 Å². The van der Waals surface area contributed by atoms with Crippen LogP contribution in [0.5, 0.6) is 0 Å². The first kappa shape index (κ1) is 7.06. The van der Waals surface area contributed by atoms with Crippen LogP contribution in [0.15, 0.2) is 24.5 Å². The molecule has 0 aliphatic heterocycles. The van der Waals surface area contributed by atoms with Crippen LogP contribution >= 0.6 is 0 Å². The van der Waals surface area contributed by atoms with E-state index in [4.69, 9.17) is 4.84 Å². The van der Waals surface area contributed by atoms with E-state index >= 15 is 0 Å². The Morgan fingerprint density at radius 1 is 1.40 bits per heavy atom. The normalized spacial score (nSPS) is 9.40. The van der Waals surface area contributed by atoms with Crippen molar-refractivity contribution >= 4 is 0 Å². The molecule has 0 bridgehead atoms. The molecule has 0 saturated carbocycles. The van der Waals surface area contributed by atoms with E-state index < -0.39 is 0 Å². The molecule has 2 heteroatoms. The van der Waals surface area contributed by atoms with Gasteiger partial charge < -0.3 is 0 Å². The Morgan fingerprint density at radius 3 is 2.40 bits per heavy atom. The molecule has 1 rings (SSSR count). The molecule has 54 valence electrons. The molecule has 0 fully saturated rings. The van der Waals surface area contributed by atoms with Gasteiger partial charge in [0.05, 0.1) is 0 Å². The van der Waals surface area contributed by atoms with Crippen LogP contribution in [0.3, 0.4) is 0 Å². The Balaban J connectivity index is 2.80. The largest absolute Gasteiger partial charge is 0.275 e. The van der Waals surface area contributed by atoms with E-state index in [-0.39, 0.29) is 0 Å². The summed E-state index contributed by atoms with van der Waals surface area (Å²) in [6, 6.07) is 4.09. The maximum atomic E-state index is 4.93. The van der Waals surface area contributed by atoms with Crippen molar-refractivity contribution in [3.8, 4) is 0 Å². The summed E-state index contributed by atoms with van der Waals surface area (Å²) in [4.78, 5) is 4.93. The van der Waals surface area contributed by atoms with Gasteiger partial charge in [-0.25, -0.2) is 0 Å². The zero-order valence-corrected chi connectivity index (χ0v) is 6.37. The van der Waals surface area contributed by atoms with Crippen molar-refractivity contribution < 1.29 is 9.57 Å². The van der Waals surface area contributed by atoms with Crippen LogP contribution in [-0.2, 0) is 6.42 Å². The summed E-state index contributed by atoms with van der Waals surface area (Å²) in [6.07, 6.45) is 4.88. The highest BCUT2D eigenvalue weighted by Gasteiger charge is 1.95. The summed E-state index contributed by atoms with van der Waals surface area (Å²) in [5.41, 5.74) is 1.33. The number of rotatable bonds is 2. The lowest BCUT2D eigenvalue weighted by molar-refractivity contribution is -0.885. The van der Waals surface area contributed by atoms with Gasteiger partial charge in [0.2, 0.25) is 12.4 Å². The van der Waals surface area contributed by atoms with Gasteiger partial charge in [0.15, 0.2) is 0 Å². The predicted octanol–water partition coefficient (Wildman–Crippen LogP) is 0.595. The highest BCUT2D eigenvalue weighted by molar-refractivity contribution is 5.05. The third kappa shape index (κ3) is 1.47. The number of aromatic nitrogens is 1. The lowest BCUT2D eigenvalue weighted by atomic mass is 10.2. The molecule has 0 aliphatic carbocycles. The standard InChI is InChI=1S/C8H12NO/c1-3-8-4-6-9(10-2)7-5-8/h4-7H,3H2,1-2H3/q+1. The van der Waals surface area contributed by atoms with Crippen molar-refractivity contribution in [2.24, 2.45) is 0 Å². The lowest BCUT2D eigenvalue weighted by Crippen LogP contribution is -2.39. The van der Waals surface area contributed by atoms with Crippen molar-refractivity contribution in [3.63, 3.8) is 0 Å². The molecule has 0 spiro atoms. The molecule has 0 aliphatic rings. The minimum Gasteiger partial charge on any atom is -0.275 e. The molecule has 0 unspecified atom stereocenters. The topological polar surface area (TPSA) is 13.1 Å². The summed E-state index contributed by atoms with van der Waals surface area (Å²) in [6.45, 7) is 2.13. The fraction of sp³-hybridized carbons (Fsp3) is 0.375. The smallest absolute Gasteiger partial charge is 0.222 e. The van der Waals surface area contributed by atoms with Crippen LogP contribution in [-0.4, -0.2) is 7.11 Å². The summed E-state index contributed by atoms with van der Waals surface area (Å²) in [5, 5.41) is 0. The van der Waals surface area contributed by atoms with Crippen LogP contribution < -0.4 is 9.57 Å². The molecule has 1 heterocycles. The molecule has 2 nitrogen and oxygen atoms in total. The van der Waals surface area contributed by atoms with Crippen molar-refractivity contribution in [3.05, 3.63) is 30.1 Å². The van der Waals surface area contributed by atoms with Gasteiger partial charge >= 0.3 is 0 Å². The average Bonchev–Trinajstić information content (AvgIpc) is 2.05. The van der Waals surface area contributed by atoms with Gasteiger partial charge in [0.1, 0.15) is 7.11 Å². The van der Waals surface area contributed by atoms with Gasteiger partial charge in [-0.1, -0.05) is 6.92 Å². The fourth-order valence-electron chi connectivity index (χ4n) is 0.801. The molecule has 0 amide bonds. The van der Waals surface area contributed by atoms with Gasteiger partial charge in [0.25, 0.3) is 0 Å². The highest BCUT2D eigenvalue weighted by atomic mass is 16.6. The maximum Gasteiger partial charge on any atom is 0.222 e. The molecule has 0 aromatic carbocycles. The molecule has 1 aromatic rings. The van der Waals surface area contributed by atoms with Crippen LogP contribution in [0, 0.1) is 0 Å². The second-order valence-electron chi connectivity index (χ2n) is 2.10. The van der Waals surface area contributed by atoms with Gasteiger partial charge in [-0.15, -0.1) is 0 Å². The van der Waals surface area contributed by atoms with Crippen LogP contribution in [0.4, 0.5) is 0 Å². The minimum atomic E-state index is 1.07. The Kier molecular flexibility index (Phi) is 2.26. The number of nitrogens with zero attached hydrogens (tertiary/aromatic N) is 1. The second-order valence-corrected chi connectivity index (χ2v) is 2.10. The second kappa shape index (κ2) is 3.20. The molecule has 0 radical (unpaired) electrons. The Bertz CT molecular complexity index is 170. The molecule has 0 saturated heterocycles. The van der Waals surface area contributed by atoms with E-state index in [1.807, 2.05) is 24.5 Å². The monoisotopic (exact) mass is 138 g/mol. The van der Waals surface area contributed by atoms with Crippen LogP contribution in [0.25, 0.3) is 0 Å². The number of pyridine rings is 1. The van der Waals surface area contributed by atoms with Crippen molar-refractivity contribution in [2.75, 3.05) is 7.11 Å². The highest BCUT2D eigenvalue weighted by Crippen LogP contribution is 1.93. The minimum absolute atomic E-state index is 1.07. The van der Waals surface area contributed by atoms with Gasteiger partial charge in [-0.05, 0) is 12.0 Å². The third-order valence-corrected chi connectivity index (χ3v) is 1.49. The zero-order chi connectivity index (χ0) is 7.40. The molecular weight excluding hydrogens is 126 g/mol. The number of hydrogen-bond donors (Lipinski definition) is 0. The summed E-state index contributed by atoms with van der Waals surface area (Å²) in [7, 11) is 1.64. The summed E-state index contributed by atoms with van der Waals surface area (Å²) >= 11 is 0. The molecule has 10 heavy (non-hydrogen) atoms. The van der Waals surface area contributed by atoms with Crippen LogP contribution in [0.2, 0.25) is 0 Å². The van der Waals surface area contributed by atoms with Gasteiger partial charge in [-0.2, -0.15) is 0 Å². The third-order valence-electron chi connectivity index (χ3n) is 1.49. The van der Waals surface area contributed by atoms with Crippen LogP contribution in [0.1, 0.15) is 12.5 Å². The van der Waals surface area contributed by atoms with Crippen molar-refractivity contribution in [1.29, 1.82) is 0 Å². The summed E-state index contributed by atoms with van der Waals surface area (Å²) in [5.74, 6) is 0. The molecule has 1 aromatic heterocycles. The van der Waals surface area contributed by atoms with E-state index in [1.165, 1.54) is 5.56 Å². The maximum absolute atomic E-state index is 4.93. The van der Waals surface area contributed by atoms with E-state index in [1.54, 1.807) is 11.8 Å². The number of aryl methyl sites for hydroxylation is 1. The Labute approximate surface area is 61.0 Å². The SMILES string of the molecule is CCc1cc[n+](OC)cc1. The van der Waals surface area contributed by atoms with E-state index in [9.17, 15) is 0 Å². The first-order valence-electron chi connectivity index (χ1n) is 3.41. The fourth-order valence-corrected chi connectivity index (χ4v) is 0.801. The molecule has 0 N–H and O–H groups in total. The first-order chi connectivity index (χ1) is 4.86. The zero-order valence-electron chi connectivity index (χ0n) is 6.37. The lowest BCUT2D eigenvalue weighted by Gasteiger charge is -1.92. The van der Waals surface area contributed by atoms with Gasteiger partial charge in [-0.3, -0.25) is 4.84 Å².